The Labute approximate surface area is 89.6 Å². The van der Waals surface area contributed by atoms with Gasteiger partial charge in [-0.1, -0.05) is 24.3 Å². The summed E-state index contributed by atoms with van der Waals surface area (Å²) >= 11 is 0. The molecule has 78 valence electrons. The number of hydrogen-bond donors (Lipinski definition) is 1. The van der Waals surface area contributed by atoms with E-state index in [9.17, 15) is 4.79 Å². The van der Waals surface area contributed by atoms with Crippen LogP contribution in [0.4, 0.5) is 0 Å². The van der Waals surface area contributed by atoms with Crippen LogP contribution in [0.1, 0.15) is 35.3 Å². The first-order valence-electron chi connectivity index (χ1n) is 4.81. The van der Waals surface area contributed by atoms with Crippen molar-refractivity contribution in [1.82, 2.24) is 0 Å². The van der Waals surface area contributed by atoms with E-state index in [-0.39, 0.29) is 0 Å². The van der Waals surface area contributed by atoms with Gasteiger partial charge in [-0.15, -0.1) is 0 Å². The normalized spacial score (nSPS) is 11.3. The van der Waals surface area contributed by atoms with E-state index in [2.05, 4.69) is 0 Å². The van der Waals surface area contributed by atoms with Crippen molar-refractivity contribution in [2.45, 2.75) is 13.8 Å². The van der Waals surface area contributed by atoms with Crippen LogP contribution in [0.3, 0.4) is 0 Å². The van der Waals surface area contributed by atoms with Crippen molar-refractivity contribution in [3.63, 3.8) is 0 Å². The molecule has 0 aliphatic rings. The van der Waals surface area contributed by atoms with E-state index in [1.54, 1.807) is 12.1 Å². The average Bonchev–Trinajstić information content (AvgIpc) is 2.18. The zero-order valence-corrected chi connectivity index (χ0v) is 8.90. The molecule has 0 aromatic heterocycles. The van der Waals surface area contributed by atoms with Crippen LogP contribution >= 0.6 is 0 Å². The highest BCUT2D eigenvalue weighted by Gasteiger charge is 2.04. The zero-order valence-electron chi connectivity index (χ0n) is 8.90. The molecule has 0 spiro atoms. The number of carbonyl (C=O) groups is 1. The molecular weight excluding hydrogens is 188 g/mol. The summed E-state index contributed by atoms with van der Waals surface area (Å²) in [6.45, 7) is 3.81. The first-order valence-corrected chi connectivity index (χ1v) is 4.81. The molecule has 0 bridgehead atoms. The Bertz CT molecular complexity index is 384. The number of carboxylic acid groups (broad SMARTS) is 1. The average molecular weight is 202 g/mol. The molecule has 0 fully saturated rings. The number of rotatable bonds is 3. The zero-order chi connectivity index (χ0) is 11.3. The van der Waals surface area contributed by atoms with Crippen LogP contribution in [0.5, 0.6) is 0 Å². The van der Waals surface area contributed by atoms with Crippen molar-refractivity contribution in [1.29, 1.82) is 0 Å². The van der Waals surface area contributed by atoms with Crippen molar-refractivity contribution in [3.8, 4) is 0 Å². The second-order valence-electron chi connectivity index (χ2n) is 3.19. The van der Waals surface area contributed by atoms with Gasteiger partial charge in [-0.25, -0.2) is 4.79 Å². The molecule has 0 aliphatic heterocycles. The van der Waals surface area contributed by atoms with Gasteiger partial charge in [0.2, 0.25) is 0 Å². The molecule has 15 heavy (non-hydrogen) atoms. The van der Waals surface area contributed by atoms with E-state index >= 15 is 0 Å². The summed E-state index contributed by atoms with van der Waals surface area (Å²) in [4.78, 5) is 10.9. The predicted octanol–water partition coefficient (Wildman–Crippen LogP) is 3.45. The van der Waals surface area contributed by atoms with Crippen LogP contribution in [0.15, 0.2) is 30.4 Å². The van der Waals surface area contributed by atoms with Gasteiger partial charge in [0.05, 0.1) is 5.56 Å². The quantitative estimate of drug-likeness (QED) is 0.815. The lowest BCUT2D eigenvalue weighted by Crippen LogP contribution is -1.97. The molecule has 1 aromatic rings. The van der Waals surface area contributed by atoms with Gasteiger partial charge < -0.3 is 5.11 Å². The number of aromatic carboxylic acids is 1. The number of hydrogen-bond acceptors (Lipinski definition) is 1. The van der Waals surface area contributed by atoms with Crippen LogP contribution in [0.2, 0.25) is 0 Å². The molecule has 1 aromatic carbocycles. The van der Waals surface area contributed by atoms with E-state index in [1.165, 1.54) is 0 Å². The van der Waals surface area contributed by atoms with Crippen molar-refractivity contribution in [2.75, 3.05) is 0 Å². The Morgan fingerprint density at radius 3 is 1.87 bits per heavy atom. The molecule has 2 nitrogen and oxygen atoms in total. The van der Waals surface area contributed by atoms with Crippen LogP contribution in [0.25, 0.3) is 12.2 Å². The van der Waals surface area contributed by atoms with E-state index < -0.39 is 5.97 Å². The summed E-state index contributed by atoms with van der Waals surface area (Å²) in [5.74, 6) is -0.896. The predicted molar refractivity (Wildman–Crippen MR) is 62.8 cm³/mol. The van der Waals surface area contributed by atoms with Gasteiger partial charge in [0.1, 0.15) is 0 Å². The summed E-state index contributed by atoms with van der Waals surface area (Å²) in [5, 5.41) is 8.92. The lowest BCUT2D eigenvalue weighted by atomic mass is 10.0. The largest absolute Gasteiger partial charge is 0.478 e. The minimum Gasteiger partial charge on any atom is -0.478 e. The minimum absolute atomic E-state index is 0.318. The highest BCUT2D eigenvalue weighted by Crippen LogP contribution is 2.13. The molecule has 0 atom stereocenters. The lowest BCUT2D eigenvalue weighted by molar-refractivity contribution is 0.0697. The topological polar surface area (TPSA) is 37.3 Å². The van der Waals surface area contributed by atoms with E-state index in [0.29, 0.717) is 5.56 Å². The second-order valence-corrected chi connectivity index (χ2v) is 3.19. The molecule has 2 heteroatoms. The van der Waals surface area contributed by atoms with Crippen molar-refractivity contribution < 1.29 is 9.90 Å². The van der Waals surface area contributed by atoms with Crippen LogP contribution in [0, 0.1) is 0 Å². The van der Waals surface area contributed by atoms with Crippen LogP contribution in [-0.4, -0.2) is 11.1 Å². The first kappa shape index (κ1) is 11.2. The second kappa shape index (κ2) is 5.15. The summed E-state index contributed by atoms with van der Waals surface area (Å²) in [5.41, 5.74) is 2.13. The molecule has 1 rings (SSSR count). The SMILES string of the molecule is CC=Cc1cc(C=CC)cc(C(=O)O)c1. The minimum atomic E-state index is -0.896. The van der Waals surface area contributed by atoms with E-state index in [4.69, 9.17) is 5.11 Å². The molecular formula is C13H14O2. The van der Waals surface area contributed by atoms with Crippen LogP contribution in [-0.2, 0) is 0 Å². The maximum absolute atomic E-state index is 10.9. The van der Waals surface area contributed by atoms with Gasteiger partial charge in [0.15, 0.2) is 0 Å². The lowest BCUT2D eigenvalue weighted by Gasteiger charge is -2.01. The molecule has 0 saturated heterocycles. The Hall–Kier alpha value is -1.83. The summed E-state index contributed by atoms with van der Waals surface area (Å²) in [6.07, 6.45) is 7.56. The van der Waals surface area contributed by atoms with Crippen LogP contribution < -0.4 is 0 Å². The third kappa shape index (κ3) is 3.09. The Balaban J connectivity index is 3.25. The number of benzene rings is 1. The van der Waals surface area contributed by atoms with Crippen molar-refractivity contribution >= 4 is 18.1 Å². The third-order valence-electron chi connectivity index (χ3n) is 1.94. The molecule has 0 amide bonds. The fraction of sp³-hybridized carbons (Fsp3) is 0.154. The van der Waals surface area contributed by atoms with Gasteiger partial charge in [-0.05, 0) is 43.2 Å². The molecule has 1 N–H and O–H groups in total. The van der Waals surface area contributed by atoms with Gasteiger partial charge in [-0.2, -0.15) is 0 Å². The fourth-order valence-corrected chi connectivity index (χ4v) is 1.38. The smallest absolute Gasteiger partial charge is 0.335 e. The maximum Gasteiger partial charge on any atom is 0.335 e. The van der Waals surface area contributed by atoms with Crippen molar-refractivity contribution in [3.05, 3.63) is 47.0 Å². The molecule has 0 unspecified atom stereocenters. The Morgan fingerprint density at radius 1 is 1.07 bits per heavy atom. The number of allylic oxidation sites excluding steroid dienone is 2. The van der Waals surface area contributed by atoms with Gasteiger partial charge in [-0.3, -0.25) is 0 Å². The first-order chi connectivity index (χ1) is 7.17. The Kier molecular flexibility index (Phi) is 3.86. The summed E-state index contributed by atoms with van der Waals surface area (Å²) < 4.78 is 0. The van der Waals surface area contributed by atoms with E-state index in [1.807, 2.05) is 44.2 Å². The van der Waals surface area contributed by atoms with Crippen molar-refractivity contribution in [2.24, 2.45) is 0 Å². The fourth-order valence-electron chi connectivity index (χ4n) is 1.38. The molecule has 0 aliphatic carbocycles. The molecule has 0 heterocycles. The summed E-state index contributed by atoms with van der Waals surface area (Å²) in [6, 6.07) is 5.27. The third-order valence-corrected chi connectivity index (χ3v) is 1.94. The maximum atomic E-state index is 10.9. The highest BCUT2D eigenvalue weighted by atomic mass is 16.4. The molecule has 0 radical (unpaired) electrons. The van der Waals surface area contributed by atoms with Gasteiger partial charge in [0.25, 0.3) is 0 Å². The van der Waals surface area contributed by atoms with Gasteiger partial charge >= 0.3 is 5.97 Å². The Morgan fingerprint density at radius 2 is 1.53 bits per heavy atom. The number of carboxylic acids is 1. The monoisotopic (exact) mass is 202 g/mol. The molecule has 0 saturated carbocycles. The van der Waals surface area contributed by atoms with Gasteiger partial charge in [0, 0.05) is 0 Å². The standard InChI is InChI=1S/C13H14O2/c1-3-5-10-7-11(6-4-2)9-12(8-10)13(14)15/h3-9H,1-2H3,(H,14,15). The summed E-state index contributed by atoms with van der Waals surface area (Å²) in [7, 11) is 0. The highest BCUT2D eigenvalue weighted by molar-refractivity contribution is 5.89. The van der Waals surface area contributed by atoms with E-state index in [0.717, 1.165) is 11.1 Å².